The van der Waals surface area contributed by atoms with Crippen molar-refractivity contribution in [1.82, 2.24) is 4.98 Å². The van der Waals surface area contributed by atoms with E-state index in [0.29, 0.717) is 12.1 Å². The summed E-state index contributed by atoms with van der Waals surface area (Å²) in [5, 5.41) is 8.90. The fourth-order valence-corrected chi connectivity index (χ4v) is 1.36. The first-order valence-corrected chi connectivity index (χ1v) is 4.56. The standard InChI is InChI=1S/C10H14N2O2/c1-2-7(10(13)14)9(11)8-5-3-4-6-12-8/h3-7,9H,2,11H2,1H3,(H,13,14). The zero-order chi connectivity index (χ0) is 10.6. The number of carbonyl (C=O) groups is 1. The van der Waals surface area contributed by atoms with Crippen molar-refractivity contribution in [2.75, 3.05) is 0 Å². The summed E-state index contributed by atoms with van der Waals surface area (Å²) in [5.74, 6) is -1.43. The van der Waals surface area contributed by atoms with Crippen LogP contribution in [0.1, 0.15) is 25.1 Å². The molecule has 0 aliphatic carbocycles. The van der Waals surface area contributed by atoms with Crippen LogP contribution in [0.25, 0.3) is 0 Å². The van der Waals surface area contributed by atoms with Crippen LogP contribution in [-0.4, -0.2) is 16.1 Å². The predicted molar refractivity (Wildman–Crippen MR) is 52.6 cm³/mol. The van der Waals surface area contributed by atoms with Gasteiger partial charge in [-0.1, -0.05) is 13.0 Å². The lowest BCUT2D eigenvalue weighted by molar-refractivity contribution is -0.142. The summed E-state index contributed by atoms with van der Waals surface area (Å²) >= 11 is 0. The Labute approximate surface area is 82.8 Å². The molecule has 0 aliphatic rings. The van der Waals surface area contributed by atoms with Crippen LogP contribution in [0.15, 0.2) is 24.4 Å². The third-order valence-corrected chi connectivity index (χ3v) is 2.22. The van der Waals surface area contributed by atoms with Crippen molar-refractivity contribution in [2.24, 2.45) is 11.7 Å². The Morgan fingerprint density at radius 1 is 1.64 bits per heavy atom. The first kappa shape index (κ1) is 10.7. The second kappa shape index (κ2) is 4.72. The van der Waals surface area contributed by atoms with Gasteiger partial charge in [0.05, 0.1) is 17.7 Å². The van der Waals surface area contributed by atoms with Gasteiger partial charge in [0.25, 0.3) is 0 Å². The molecule has 2 atom stereocenters. The van der Waals surface area contributed by atoms with Crippen LogP contribution in [0.2, 0.25) is 0 Å². The van der Waals surface area contributed by atoms with Gasteiger partial charge in [0.1, 0.15) is 0 Å². The molecule has 1 rings (SSSR count). The average Bonchev–Trinajstić information content (AvgIpc) is 2.19. The van der Waals surface area contributed by atoms with Gasteiger partial charge in [-0.05, 0) is 18.6 Å². The van der Waals surface area contributed by atoms with Crippen molar-refractivity contribution in [2.45, 2.75) is 19.4 Å². The molecule has 4 heteroatoms. The highest BCUT2D eigenvalue weighted by Gasteiger charge is 2.25. The molecule has 0 spiro atoms. The van der Waals surface area contributed by atoms with E-state index in [-0.39, 0.29) is 0 Å². The molecule has 0 radical (unpaired) electrons. The molecule has 2 unspecified atom stereocenters. The number of carboxylic acid groups (broad SMARTS) is 1. The number of pyridine rings is 1. The fraction of sp³-hybridized carbons (Fsp3) is 0.400. The van der Waals surface area contributed by atoms with Gasteiger partial charge in [-0.2, -0.15) is 0 Å². The first-order chi connectivity index (χ1) is 6.66. The number of rotatable bonds is 4. The molecule has 0 aromatic carbocycles. The predicted octanol–water partition coefficient (Wildman–Crippen LogP) is 1.19. The highest BCUT2D eigenvalue weighted by atomic mass is 16.4. The van der Waals surface area contributed by atoms with Gasteiger partial charge in [-0.25, -0.2) is 0 Å². The molecule has 0 bridgehead atoms. The zero-order valence-corrected chi connectivity index (χ0v) is 8.05. The largest absolute Gasteiger partial charge is 0.481 e. The van der Waals surface area contributed by atoms with Crippen LogP contribution in [-0.2, 0) is 4.79 Å². The van der Waals surface area contributed by atoms with Crippen molar-refractivity contribution in [1.29, 1.82) is 0 Å². The van der Waals surface area contributed by atoms with E-state index in [0.717, 1.165) is 0 Å². The lowest BCUT2D eigenvalue weighted by Gasteiger charge is -2.17. The third-order valence-electron chi connectivity index (χ3n) is 2.22. The lowest BCUT2D eigenvalue weighted by atomic mass is 9.95. The Bertz CT molecular complexity index is 300. The topological polar surface area (TPSA) is 76.2 Å². The van der Waals surface area contributed by atoms with E-state index in [2.05, 4.69) is 4.98 Å². The van der Waals surface area contributed by atoms with Crippen molar-refractivity contribution in [3.8, 4) is 0 Å². The minimum absolute atomic E-state index is 0.507. The highest BCUT2D eigenvalue weighted by Crippen LogP contribution is 2.20. The summed E-state index contributed by atoms with van der Waals surface area (Å²) in [6, 6.07) is 4.80. The fourth-order valence-electron chi connectivity index (χ4n) is 1.36. The molecule has 1 heterocycles. The molecule has 1 aromatic heterocycles. The van der Waals surface area contributed by atoms with Crippen LogP contribution in [0.3, 0.4) is 0 Å². The van der Waals surface area contributed by atoms with Crippen molar-refractivity contribution < 1.29 is 9.90 Å². The SMILES string of the molecule is CCC(C(=O)O)C(N)c1ccccn1. The number of carboxylic acids is 1. The van der Waals surface area contributed by atoms with Gasteiger partial charge in [-0.15, -0.1) is 0 Å². The quantitative estimate of drug-likeness (QED) is 0.754. The molecule has 0 saturated carbocycles. The maximum atomic E-state index is 10.8. The second-order valence-corrected chi connectivity index (χ2v) is 3.13. The summed E-state index contributed by atoms with van der Waals surface area (Å²) < 4.78 is 0. The summed E-state index contributed by atoms with van der Waals surface area (Å²) in [4.78, 5) is 14.9. The van der Waals surface area contributed by atoms with Crippen LogP contribution in [0.4, 0.5) is 0 Å². The number of nitrogens with zero attached hydrogens (tertiary/aromatic N) is 1. The number of nitrogens with two attached hydrogens (primary N) is 1. The van der Waals surface area contributed by atoms with Gasteiger partial charge in [0, 0.05) is 6.20 Å². The maximum Gasteiger partial charge on any atom is 0.308 e. The smallest absolute Gasteiger partial charge is 0.308 e. The lowest BCUT2D eigenvalue weighted by Crippen LogP contribution is -2.28. The maximum absolute atomic E-state index is 10.8. The highest BCUT2D eigenvalue weighted by molar-refractivity contribution is 5.71. The van der Waals surface area contributed by atoms with Crippen LogP contribution in [0.5, 0.6) is 0 Å². The minimum atomic E-state index is -0.870. The van der Waals surface area contributed by atoms with Crippen LogP contribution >= 0.6 is 0 Å². The Morgan fingerprint density at radius 3 is 2.79 bits per heavy atom. The summed E-state index contributed by atoms with van der Waals surface area (Å²) in [6.07, 6.45) is 2.12. The van der Waals surface area contributed by atoms with E-state index in [9.17, 15) is 4.79 Å². The average molecular weight is 194 g/mol. The van der Waals surface area contributed by atoms with Gasteiger partial charge in [-0.3, -0.25) is 9.78 Å². The Hall–Kier alpha value is -1.42. The first-order valence-electron chi connectivity index (χ1n) is 4.56. The third kappa shape index (κ3) is 2.29. The van der Waals surface area contributed by atoms with Crippen molar-refractivity contribution in [3.63, 3.8) is 0 Å². The van der Waals surface area contributed by atoms with E-state index < -0.39 is 17.9 Å². The summed E-state index contributed by atoms with van der Waals surface area (Å²) in [6.45, 7) is 1.81. The van der Waals surface area contributed by atoms with E-state index in [1.807, 2.05) is 6.92 Å². The Morgan fingerprint density at radius 2 is 2.36 bits per heavy atom. The molecule has 0 fully saturated rings. The van der Waals surface area contributed by atoms with Crippen LogP contribution in [0, 0.1) is 5.92 Å². The monoisotopic (exact) mass is 194 g/mol. The van der Waals surface area contributed by atoms with E-state index in [1.165, 1.54) is 0 Å². The molecular weight excluding hydrogens is 180 g/mol. The van der Waals surface area contributed by atoms with Gasteiger partial charge < -0.3 is 10.8 Å². The van der Waals surface area contributed by atoms with Crippen molar-refractivity contribution >= 4 is 5.97 Å². The molecule has 76 valence electrons. The second-order valence-electron chi connectivity index (χ2n) is 3.13. The number of aromatic nitrogens is 1. The molecule has 0 saturated heterocycles. The number of hydrogen-bond donors (Lipinski definition) is 2. The van der Waals surface area contributed by atoms with E-state index in [4.69, 9.17) is 10.8 Å². The van der Waals surface area contributed by atoms with Crippen molar-refractivity contribution in [3.05, 3.63) is 30.1 Å². The van der Waals surface area contributed by atoms with Gasteiger partial charge in [0.2, 0.25) is 0 Å². The normalized spacial score (nSPS) is 14.7. The zero-order valence-electron chi connectivity index (χ0n) is 8.05. The van der Waals surface area contributed by atoms with E-state index >= 15 is 0 Å². The minimum Gasteiger partial charge on any atom is -0.481 e. The molecule has 1 aromatic rings. The molecular formula is C10H14N2O2. The molecule has 4 nitrogen and oxygen atoms in total. The number of aliphatic carboxylic acids is 1. The van der Waals surface area contributed by atoms with Gasteiger partial charge in [0.15, 0.2) is 0 Å². The summed E-state index contributed by atoms with van der Waals surface area (Å²) in [5.41, 5.74) is 6.43. The Kier molecular flexibility index (Phi) is 3.59. The number of hydrogen-bond acceptors (Lipinski definition) is 3. The summed E-state index contributed by atoms with van der Waals surface area (Å²) in [7, 11) is 0. The molecule has 14 heavy (non-hydrogen) atoms. The molecule has 0 amide bonds. The Balaban J connectivity index is 2.83. The molecule has 3 N–H and O–H groups in total. The molecule has 0 aliphatic heterocycles. The van der Waals surface area contributed by atoms with Gasteiger partial charge >= 0.3 is 5.97 Å². The van der Waals surface area contributed by atoms with Crippen LogP contribution < -0.4 is 5.73 Å². The van der Waals surface area contributed by atoms with E-state index in [1.54, 1.807) is 24.4 Å².